The van der Waals surface area contributed by atoms with Crippen molar-refractivity contribution >= 4 is 5.97 Å². The zero-order valence-corrected chi connectivity index (χ0v) is 12.6. The number of hydrogen-bond donors (Lipinski definition) is 1. The topological polar surface area (TPSA) is 41.6 Å². The third kappa shape index (κ3) is 3.45. The van der Waals surface area contributed by atoms with Crippen molar-refractivity contribution in [2.45, 2.75) is 57.7 Å². The van der Waals surface area contributed by atoms with Gasteiger partial charge in [-0.1, -0.05) is 0 Å². The van der Waals surface area contributed by atoms with E-state index < -0.39 is 5.54 Å². The molecule has 1 saturated carbocycles. The zero-order valence-electron chi connectivity index (χ0n) is 12.6. The van der Waals surface area contributed by atoms with Gasteiger partial charge in [0.2, 0.25) is 0 Å². The Balaban J connectivity index is 2.60. The molecule has 0 spiro atoms. The highest BCUT2D eigenvalue weighted by atomic mass is 16.5. The molecule has 0 saturated heterocycles. The van der Waals surface area contributed by atoms with Gasteiger partial charge in [0.1, 0.15) is 5.54 Å². The van der Waals surface area contributed by atoms with Crippen LogP contribution in [0, 0.1) is 5.92 Å². The van der Waals surface area contributed by atoms with Gasteiger partial charge in [-0.05, 0) is 60.0 Å². The molecule has 3 unspecified atom stereocenters. The lowest BCUT2D eigenvalue weighted by Crippen LogP contribution is -2.53. The average Bonchev–Trinajstić information content (AvgIpc) is 3.19. The van der Waals surface area contributed by atoms with Gasteiger partial charge >= 0.3 is 5.97 Å². The van der Waals surface area contributed by atoms with Crippen LogP contribution in [0.3, 0.4) is 0 Å². The molecule has 1 N–H and O–H groups in total. The molecule has 0 amide bonds. The maximum Gasteiger partial charge on any atom is 0.325 e. The van der Waals surface area contributed by atoms with Crippen molar-refractivity contribution in [2.75, 3.05) is 21.2 Å². The van der Waals surface area contributed by atoms with Crippen LogP contribution in [0.25, 0.3) is 0 Å². The maximum absolute atomic E-state index is 11.8. The van der Waals surface area contributed by atoms with E-state index in [1.807, 2.05) is 14.0 Å². The van der Waals surface area contributed by atoms with Crippen molar-refractivity contribution in [3.63, 3.8) is 0 Å². The molecule has 0 bridgehead atoms. The summed E-state index contributed by atoms with van der Waals surface area (Å²) in [4.78, 5) is 14.2. The maximum atomic E-state index is 11.8. The SMILES string of the molecule is CNC(C)(CC(C)N(C)C(C)C1CC1)C(=O)OC. The lowest BCUT2D eigenvalue weighted by molar-refractivity contribution is -0.148. The first kappa shape index (κ1) is 15.4. The fourth-order valence-corrected chi connectivity index (χ4v) is 2.56. The lowest BCUT2D eigenvalue weighted by atomic mass is 9.92. The van der Waals surface area contributed by atoms with Crippen molar-refractivity contribution in [1.82, 2.24) is 10.2 Å². The Morgan fingerprint density at radius 1 is 1.50 bits per heavy atom. The number of rotatable bonds is 7. The van der Waals surface area contributed by atoms with Gasteiger partial charge in [-0.3, -0.25) is 4.79 Å². The minimum absolute atomic E-state index is 0.190. The van der Waals surface area contributed by atoms with E-state index in [4.69, 9.17) is 4.74 Å². The van der Waals surface area contributed by atoms with Crippen molar-refractivity contribution < 1.29 is 9.53 Å². The van der Waals surface area contributed by atoms with Crippen LogP contribution in [0.15, 0.2) is 0 Å². The van der Waals surface area contributed by atoms with E-state index in [1.54, 1.807) is 0 Å². The normalized spacial score (nSPS) is 22.4. The first-order chi connectivity index (χ1) is 8.35. The number of carbonyl (C=O) groups is 1. The molecule has 4 nitrogen and oxygen atoms in total. The molecule has 0 aromatic heterocycles. The number of esters is 1. The van der Waals surface area contributed by atoms with Gasteiger partial charge in [0, 0.05) is 12.1 Å². The summed E-state index contributed by atoms with van der Waals surface area (Å²) in [5, 5.41) is 3.10. The fraction of sp³-hybridized carbons (Fsp3) is 0.929. The molecular formula is C14H28N2O2. The van der Waals surface area contributed by atoms with E-state index in [1.165, 1.54) is 20.0 Å². The first-order valence-corrected chi connectivity index (χ1v) is 6.85. The molecule has 1 aliphatic carbocycles. The van der Waals surface area contributed by atoms with Crippen LogP contribution in [-0.2, 0) is 9.53 Å². The molecule has 106 valence electrons. The molecule has 0 radical (unpaired) electrons. The van der Waals surface area contributed by atoms with Crippen LogP contribution in [0.2, 0.25) is 0 Å². The highest BCUT2D eigenvalue weighted by Gasteiger charge is 2.38. The molecular weight excluding hydrogens is 228 g/mol. The first-order valence-electron chi connectivity index (χ1n) is 6.85. The van der Waals surface area contributed by atoms with E-state index in [2.05, 4.69) is 31.1 Å². The van der Waals surface area contributed by atoms with E-state index >= 15 is 0 Å². The molecule has 1 fully saturated rings. The molecule has 0 aliphatic heterocycles. The molecule has 1 aliphatic rings. The summed E-state index contributed by atoms with van der Waals surface area (Å²) in [6, 6.07) is 0.941. The Morgan fingerprint density at radius 2 is 2.06 bits per heavy atom. The molecule has 18 heavy (non-hydrogen) atoms. The monoisotopic (exact) mass is 256 g/mol. The Bertz CT molecular complexity index is 292. The van der Waals surface area contributed by atoms with E-state index in [-0.39, 0.29) is 5.97 Å². The predicted molar refractivity (Wildman–Crippen MR) is 73.5 cm³/mol. The van der Waals surface area contributed by atoms with Crippen LogP contribution in [0.4, 0.5) is 0 Å². The van der Waals surface area contributed by atoms with Gasteiger partial charge in [-0.15, -0.1) is 0 Å². The number of carbonyl (C=O) groups excluding carboxylic acids is 1. The minimum Gasteiger partial charge on any atom is -0.468 e. The number of nitrogens with one attached hydrogen (secondary N) is 1. The van der Waals surface area contributed by atoms with Gasteiger partial charge in [0.25, 0.3) is 0 Å². The molecule has 0 heterocycles. The Hall–Kier alpha value is -0.610. The van der Waals surface area contributed by atoms with Gasteiger partial charge < -0.3 is 15.0 Å². The number of hydrogen-bond acceptors (Lipinski definition) is 4. The Kier molecular flexibility index (Phi) is 5.17. The summed E-state index contributed by atoms with van der Waals surface area (Å²) in [6.45, 7) is 6.37. The highest BCUT2D eigenvalue weighted by molar-refractivity contribution is 5.80. The second-order valence-electron chi connectivity index (χ2n) is 5.87. The van der Waals surface area contributed by atoms with Crippen molar-refractivity contribution in [2.24, 2.45) is 5.92 Å². The second kappa shape index (κ2) is 6.02. The van der Waals surface area contributed by atoms with Crippen molar-refractivity contribution in [3.05, 3.63) is 0 Å². The molecule has 4 heteroatoms. The summed E-state index contributed by atoms with van der Waals surface area (Å²) in [6.07, 6.45) is 3.45. The summed E-state index contributed by atoms with van der Waals surface area (Å²) in [5.41, 5.74) is -0.605. The van der Waals surface area contributed by atoms with Gasteiger partial charge in [0.15, 0.2) is 0 Å². The zero-order chi connectivity index (χ0) is 13.9. The average molecular weight is 256 g/mol. The fourth-order valence-electron chi connectivity index (χ4n) is 2.56. The van der Waals surface area contributed by atoms with E-state index in [9.17, 15) is 4.79 Å². The third-order valence-corrected chi connectivity index (χ3v) is 4.53. The summed E-state index contributed by atoms with van der Waals surface area (Å²) in [5.74, 6) is 0.653. The predicted octanol–water partition coefficient (Wildman–Crippen LogP) is 1.65. The minimum atomic E-state index is -0.605. The third-order valence-electron chi connectivity index (χ3n) is 4.53. The van der Waals surface area contributed by atoms with Crippen molar-refractivity contribution in [1.29, 1.82) is 0 Å². The number of methoxy groups -OCH3 is 1. The van der Waals surface area contributed by atoms with Crippen LogP contribution in [0.1, 0.15) is 40.0 Å². The Labute approximate surface area is 111 Å². The second-order valence-corrected chi connectivity index (χ2v) is 5.87. The van der Waals surface area contributed by atoms with Crippen LogP contribution in [-0.4, -0.2) is 49.7 Å². The molecule has 3 atom stereocenters. The smallest absolute Gasteiger partial charge is 0.325 e. The van der Waals surface area contributed by atoms with Crippen LogP contribution < -0.4 is 5.32 Å². The van der Waals surface area contributed by atoms with E-state index in [0.717, 1.165) is 12.3 Å². The number of likely N-dealkylation sites (N-methyl/N-ethyl adjacent to an activating group) is 1. The van der Waals surface area contributed by atoms with Gasteiger partial charge in [-0.25, -0.2) is 0 Å². The largest absolute Gasteiger partial charge is 0.468 e. The van der Waals surface area contributed by atoms with Crippen molar-refractivity contribution in [3.8, 4) is 0 Å². The highest BCUT2D eigenvalue weighted by Crippen LogP contribution is 2.35. The van der Waals surface area contributed by atoms with Crippen LogP contribution in [0.5, 0.6) is 0 Å². The standard InChI is InChI=1S/C14H28N2O2/c1-10(16(5)11(2)12-7-8-12)9-14(3,15-4)13(17)18-6/h10-12,15H,7-9H2,1-6H3. The molecule has 1 rings (SSSR count). The quantitative estimate of drug-likeness (QED) is 0.703. The summed E-state index contributed by atoms with van der Waals surface area (Å²) < 4.78 is 4.89. The molecule has 0 aromatic carbocycles. The summed E-state index contributed by atoms with van der Waals surface area (Å²) in [7, 11) is 5.41. The number of ether oxygens (including phenoxy) is 1. The number of nitrogens with zero attached hydrogens (tertiary/aromatic N) is 1. The van der Waals surface area contributed by atoms with E-state index in [0.29, 0.717) is 12.1 Å². The van der Waals surface area contributed by atoms with Gasteiger partial charge in [0.05, 0.1) is 7.11 Å². The van der Waals surface area contributed by atoms with Crippen LogP contribution >= 0.6 is 0 Å². The Morgan fingerprint density at radius 3 is 2.44 bits per heavy atom. The lowest BCUT2D eigenvalue weighted by Gasteiger charge is -2.36. The summed E-state index contributed by atoms with van der Waals surface area (Å²) >= 11 is 0. The van der Waals surface area contributed by atoms with Gasteiger partial charge in [-0.2, -0.15) is 0 Å². The molecule has 0 aromatic rings.